The van der Waals surface area contributed by atoms with Crippen LogP contribution in [0.25, 0.3) is 0 Å². The number of methoxy groups -OCH3 is 1. The molecular weight excluding hydrogens is 560 g/mol. The number of hydrogen-bond acceptors (Lipinski definition) is 9. The summed E-state index contributed by atoms with van der Waals surface area (Å²) in [6.45, 7) is 18.3. The monoisotopic (exact) mass is 620 g/mol. The highest BCUT2D eigenvalue weighted by Crippen LogP contribution is 2.09. The molecule has 44 heavy (non-hydrogen) atoms. The molecule has 0 aliphatic carbocycles. The molecule has 0 fully saturated rings. The van der Waals surface area contributed by atoms with Crippen LogP contribution in [-0.4, -0.2) is 70.8 Å². The Kier molecular flexibility index (Phi) is 52.3. The average molecular weight is 621 g/mol. The third-order valence-electron chi connectivity index (χ3n) is 4.58. The zero-order chi connectivity index (χ0) is 34.9. The molecule has 0 unspecified atom stereocenters. The van der Waals surface area contributed by atoms with Crippen LogP contribution in [0.5, 0.6) is 0 Å². The number of carbonyl (C=O) groups excluding carboxylic acids is 2. The van der Waals surface area contributed by atoms with E-state index in [-0.39, 0.29) is 0 Å². The van der Waals surface area contributed by atoms with Gasteiger partial charge in [0.25, 0.3) is 6.47 Å². The van der Waals surface area contributed by atoms with Gasteiger partial charge in [-0.05, 0) is 51.3 Å². The van der Waals surface area contributed by atoms with Gasteiger partial charge in [-0.15, -0.1) is 0 Å². The van der Waals surface area contributed by atoms with E-state index in [2.05, 4.69) is 58.7 Å². The Morgan fingerprint density at radius 2 is 1.61 bits per heavy atom. The number of nitrogens with zero attached hydrogens (tertiary/aromatic N) is 2. The van der Waals surface area contributed by atoms with E-state index in [0.29, 0.717) is 32.8 Å². The summed E-state index contributed by atoms with van der Waals surface area (Å²) in [6, 6.07) is 10.2. The number of nitroso groups, excluding NO2 is 1. The van der Waals surface area contributed by atoms with E-state index in [1.165, 1.54) is 25.2 Å². The predicted molar refractivity (Wildman–Crippen MR) is 185 cm³/mol. The maximum absolute atomic E-state index is 10.0. The lowest BCUT2D eigenvalue weighted by molar-refractivity contribution is -0.128. The number of rotatable bonds is 16. The van der Waals surface area contributed by atoms with Gasteiger partial charge in [0.2, 0.25) is 0 Å². The SMILES string of the molecule is C=C(C)CC=C/C(=C\C)OCc1ccccc1.CC.CC/C=C(\C/C=C\COC)N(C)CCOC=O.CC=O.CN=O.CO. The number of allylic oxidation sites excluding steroid dienone is 6. The molecule has 1 aromatic carbocycles. The molecule has 0 radical (unpaired) electrons. The first-order valence-corrected chi connectivity index (χ1v) is 14.6. The first-order chi connectivity index (χ1) is 21.3. The molecule has 0 aliphatic rings. The number of aliphatic hydroxyl groups is 1. The van der Waals surface area contributed by atoms with Crippen molar-refractivity contribution in [1.82, 2.24) is 4.90 Å². The number of likely N-dealkylation sites (N-methyl/N-ethyl adjacent to an activating group) is 1. The third-order valence-corrected chi connectivity index (χ3v) is 4.58. The Balaban J connectivity index is -0.000000178. The van der Waals surface area contributed by atoms with E-state index < -0.39 is 0 Å². The Morgan fingerprint density at radius 1 is 1.05 bits per heavy atom. The summed E-state index contributed by atoms with van der Waals surface area (Å²) < 4.78 is 15.3. The van der Waals surface area contributed by atoms with Crippen molar-refractivity contribution in [3.05, 3.63) is 101 Å². The Bertz CT molecular complexity index is 874. The average Bonchev–Trinajstić information content (AvgIpc) is 3.04. The van der Waals surface area contributed by atoms with Crippen molar-refractivity contribution in [2.45, 2.75) is 67.4 Å². The maximum atomic E-state index is 10.0. The standard InChI is InChI=1S/C16H20O.C13H23NO3.C2H4O.C2H6.CH3NO.CH4O/c1-4-16(12-8-9-14(2)3)17-13-15-10-6-5-7-11-15;1-4-7-13(8-5-6-10-16-3)14(2)9-11-17-12-15;1-2-3;1-2;1-2-3;1-2/h4-8,10-12H,2,9,13H2,1,3H3;5-7,12H,4,8-11H2,1-3H3;2H,1H3;1-2H3;1H3;2H,1H3/b12-8?,16-4+;6-5-,13-7+;;;;. The number of aldehydes is 1. The van der Waals surface area contributed by atoms with Crippen LogP contribution in [0.15, 0.2) is 95.6 Å². The minimum absolute atomic E-state index is 0.419. The normalized spacial score (nSPS) is 9.98. The van der Waals surface area contributed by atoms with Gasteiger partial charge in [-0.25, -0.2) is 0 Å². The van der Waals surface area contributed by atoms with Gasteiger partial charge in [-0.3, -0.25) is 4.79 Å². The van der Waals surface area contributed by atoms with Gasteiger partial charge in [0.15, 0.2) is 0 Å². The van der Waals surface area contributed by atoms with Gasteiger partial charge < -0.3 is 29.0 Å². The minimum atomic E-state index is 0.419. The van der Waals surface area contributed by atoms with Crippen molar-refractivity contribution in [3.8, 4) is 0 Å². The molecule has 0 saturated heterocycles. The smallest absolute Gasteiger partial charge is 0.293 e. The minimum Gasteiger partial charge on any atom is -0.489 e. The van der Waals surface area contributed by atoms with Gasteiger partial charge in [0.1, 0.15) is 25.3 Å². The Morgan fingerprint density at radius 3 is 2.07 bits per heavy atom. The predicted octanol–water partition coefficient (Wildman–Crippen LogP) is 7.83. The molecule has 0 bridgehead atoms. The third kappa shape index (κ3) is 42.6. The number of benzene rings is 1. The quantitative estimate of drug-likeness (QED) is 0.0497. The lowest BCUT2D eigenvalue weighted by Crippen LogP contribution is -2.22. The van der Waals surface area contributed by atoms with Crippen LogP contribution in [0.2, 0.25) is 0 Å². The Labute approximate surface area is 268 Å². The second-order valence-corrected chi connectivity index (χ2v) is 8.07. The van der Waals surface area contributed by atoms with Crippen molar-refractivity contribution in [3.63, 3.8) is 0 Å². The van der Waals surface area contributed by atoms with Crippen LogP contribution < -0.4 is 0 Å². The first kappa shape index (κ1) is 49.8. The number of hydrogen-bond donors (Lipinski definition) is 1. The molecule has 0 aliphatic heterocycles. The van der Waals surface area contributed by atoms with E-state index in [9.17, 15) is 4.79 Å². The van der Waals surface area contributed by atoms with Crippen LogP contribution in [0.4, 0.5) is 0 Å². The molecule has 9 nitrogen and oxygen atoms in total. The van der Waals surface area contributed by atoms with E-state index in [0.717, 1.165) is 44.0 Å². The number of aliphatic hydroxyl groups excluding tert-OH is 1. The van der Waals surface area contributed by atoms with Crippen molar-refractivity contribution in [2.24, 2.45) is 5.18 Å². The molecular formula is C35H60N2O7. The summed E-state index contributed by atoms with van der Waals surface area (Å²) in [7, 11) is 5.87. The van der Waals surface area contributed by atoms with Gasteiger partial charge in [-0.2, -0.15) is 4.91 Å². The van der Waals surface area contributed by atoms with Crippen molar-refractivity contribution < 1.29 is 28.9 Å². The van der Waals surface area contributed by atoms with Crippen LogP contribution in [0.1, 0.15) is 66.4 Å². The summed E-state index contributed by atoms with van der Waals surface area (Å²) in [5, 5.41) is 9.25. The maximum Gasteiger partial charge on any atom is 0.293 e. The zero-order valence-electron chi connectivity index (χ0n) is 29.0. The first-order valence-electron chi connectivity index (χ1n) is 14.6. The second kappa shape index (κ2) is 46.1. The van der Waals surface area contributed by atoms with Crippen LogP contribution >= 0.6 is 0 Å². The fraction of sp³-hybridized carbons (Fsp3) is 0.486. The molecule has 9 heteroatoms. The lowest BCUT2D eigenvalue weighted by atomic mass is 10.2. The zero-order valence-corrected chi connectivity index (χ0v) is 29.0. The van der Waals surface area contributed by atoms with E-state index in [1.54, 1.807) is 7.11 Å². The molecule has 1 aromatic rings. The summed E-state index contributed by atoms with van der Waals surface area (Å²) in [5.74, 6) is 0.898. The van der Waals surface area contributed by atoms with Crippen LogP contribution in [-0.2, 0) is 30.4 Å². The largest absolute Gasteiger partial charge is 0.489 e. The highest BCUT2D eigenvalue weighted by molar-refractivity contribution is 5.44. The molecule has 1 rings (SSSR count). The summed E-state index contributed by atoms with van der Waals surface area (Å²) in [4.78, 5) is 29.5. The highest BCUT2D eigenvalue weighted by Gasteiger charge is 2.02. The van der Waals surface area contributed by atoms with E-state index in [4.69, 9.17) is 24.3 Å². The number of carbonyl (C=O) groups is 2. The highest BCUT2D eigenvalue weighted by atomic mass is 16.5. The fourth-order valence-corrected chi connectivity index (χ4v) is 2.73. The molecule has 0 spiro atoms. The van der Waals surface area contributed by atoms with Crippen LogP contribution in [0, 0.1) is 4.91 Å². The van der Waals surface area contributed by atoms with Crippen LogP contribution in [0.3, 0.4) is 0 Å². The summed E-state index contributed by atoms with van der Waals surface area (Å²) >= 11 is 0. The molecule has 0 aromatic heterocycles. The van der Waals surface area contributed by atoms with Gasteiger partial charge in [0.05, 0.1) is 20.2 Å². The summed E-state index contributed by atoms with van der Waals surface area (Å²) in [5.41, 5.74) is 3.56. The Hall–Kier alpha value is -3.82. The molecule has 0 saturated carbocycles. The van der Waals surface area contributed by atoms with E-state index in [1.807, 2.05) is 71.2 Å². The second-order valence-electron chi connectivity index (χ2n) is 8.07. The van der Waals surface area contributed by atoms with Crippen molar-refractivity contribution in [2.75, 3.05) is 48.1 Å². The van der Waals surface area contributed by atoms with Gasteiger partial charge in [-0.1, -0.05) is 92.7 Å². The topological polar surface area (TPSA) is 115 Å². The molecule has 0 amide bonds. The molecule has 252 valence electrons. The molecule has 0 atom stereocenters. The summed E-state index contributed by atoms with van der Waals surface area (Å²) in [6.07, 6.45) is 15.8. The van der Waals surface area contributed by atoms with Gasteiger partial charge >= 0.3 is 0 Å². The van der Waals surface area contributed by atoms with Crippen molar-refractivity contribution in [1.29, 1.82) is 0 Å². The fourth-order valence-electron chi connectivity index (χ4n) is 2.73. The molecule has 0 heterocycles. The van der Waals surface area contributed by atoms with Gasteiger partial charge in [0, 0.05) is 33.4 Å². The molecule has 1 N–H and O–H groups in total. The van der Waals surface area contributed by atoms with E-state index >= 15 is 0 Å². The van der Waals surface area contributed by atoms with Crippen molar-refractivity contribution >= 4 is 12.8 Å². The number of ether oxygens (including phenoxy) is 3. The lowest BCUT2D eigenvalue weighted by Gasteiger charge is -2.21.